The van der Waals surface area contributed by atoms with E-state index in [0.29, 0.717) is 24.2 Å². The Labute approximate surface area is 211 Å². The summed E-state index contributed by atoms with van der Waals surface area (Å²) >= 11 is 0. The molecule has 1 amide bonds. The van der Waals surface area contributed by atoms with Crippen LogP contribution in [0.5, 0.6) is 0 Å². The van der Waals surface area contributed by atoms with Crippen molar-refractivity contribution in [3.63, 3.8) is 0 Å². The van der Waals surface area contributed by atoms with Crippen molar-refractivity contribution in [3.05, 3.63) is 47.3 Å². The third-order valence-electron chi connectivity index (χ3n) is 7.22. The van der Waals surface area contributed by atoms with Crippen LogP contribution in [0, 0.1) is 16.7 Å². The monoisotopic (exact) mass is 493 g/mol. The number of nitrogens with zero attached hydrogens (tertiary/aromatic N) is 3. The Balaban J connectivity index is 1.71. The Morgan fingerprint density at radius 1 is 1.25 bits per heavy atom. The van der Waals surface area contributed by atoms with Crippen LogP contribution in [-0.4, -0.2) is 48.6 Å². The minimum atomic E-state index is -1.62. The molecule has 1 fully saturated rings. The molecular weight excluding hydrogens is 458 g/mol. The molecule has 2 aliphatic rings. The summed E-state index contributed by atoms with van der Waals surface area (Å²) in [5, 5.41) is 32.0. The van der Waals surface area contributed by atoms with Gasteiger partial charge in [0.15, 0.2) is 12.1 Å². The first-order chi connectivity index (χ1) is 16.8. The summed E-state index contributed by atoms with van der Waals surface area (Å²) in [4.78, 5) is 24.6. The number of amides is 1. The van der Waals surface area contributed by atoms with Gasteiger partial charge in [-0.25, -0.2) is 4.98 Å². The quantitative estimate of drug-likeness (QED) is 0.455. The van der Waals surface area contributed by atoms with Crippen molar-refractivity contribution in [1.29, 1.82) is 5.26 Å². The second-order valence-corrected chi connectivity index (χ2v) is 11.6. The maximum Gasteiger partial charge on any atom is 0.291 e. The van der Waals surface area contributed by atoms with E-state index in [1.165, 1.54) is 6.20 Å². The number of ether oxygens (including phenoxy) is 1. The highest BCUT2D eigenvalue weighted by Gasteiger charge is 2.47. The molecule has 0 aromatic carbocycles. The van der Waals surface area contributed by atoms with Crippen molar-refractivity contribution in [2.75, 3.05) is 5.32 Å². The topological polar surface area (TPSA) is 144 Å². The molecule has 4 N–H and O–H groups in total. The van der Waals surface area contributed by atoms with Crippen LogP contribution >= 0.6 is 0 Å². The lowest BCUT2D eigenvalue weighted by molar-refractivity contribution is -0.264. The number of carbonyl (C=O) groups is 1. The summed E-state index contributed by atoms with van der Waals surface area (Å²) in [5.74, 6) is -0.459. The second kappa shape index (κ2) is 9.43. The minimum Gasteiger partial charge on any atom is -0.366 e. The van der Waals surface area contributed by atoms with Crippen molar-refractivity contribution in [2.45, 2.75) is 90.1 Å². The SMILES string of the molecule is CC1(C)CC=C(c2nc(C3CC(C)(C)OC(C)(C(O)O)C3)ccc2NC(=O)c2ncc(C#N)[nH]2)CC1. The fourth-order valence-corrected chi connectivity index (χ4v) is 5.25. The predicted molar refractivity (Wildman–Crippen MR) is 135 cm³/mol. The average molecular weight is 494 g/mol. The van der Waals surface area contributed by atoms with Gasteiger partial charge in [0.1, 0.15) is 17.4 Å². The van der Waals surface area contributed by atoms with Gasteiger partial charge in [-0.05, 0) is 76.0 Å². The van der Waals surface area contributed by atoms with Crippen LogP contribution in [0.25, 0.3) is 5.57 Å². The zero-order chi connectivity index (χ0) is 26.3. The fraction of sp³-hybridized carbons (Fsp3) is 0.556. The number of aliphatic hydroxyl groups is 2. The number of allylic oxidation sites excluding steroid dienone is 2. The highest BCUT2D eigenvalue weighted by molar-refractivity contribution is 6.03. The van der Waals surface area contributed by atoms with E-state index in [4.69, 9.17) is 15.0 Å². The number of aromatic amines is 1. The second-order valence-electron chi connectivity index (χ2n) is 11.6. The first-order valence-corrected chi connectivity index (χ1v) is 12.3. The molecule has 9 nitrogen and oxygen atoms in total. The van der Waals surface area contributed by atoms with E-state index in [2.05, 4.69) is 35.2 Å². The molecule has 0 saturated carbocycles. The number of carbonyl (C=O) groups excluding carboxylic acids is 1. The van der Waals surface area contributed by atoms with E-state index in [0.717, 1.165) is 30.5 Å². The predicted octanol–water partition coefficient (Wildman–Crippen LogP) is 4.26. The summed E-state index contributed by atoms with van der Waals surface area (Å²) in [6.07, 6.45) is 5.71. The molecule has 0 bridgehead atoms. The van der Waals surface area contributed by atoms with E-state index >= 15 is 0 Å². The zero-order valence-corrected chi connectivity index (χ0v) is 21.6. The molecule has 36 heavy (non-hydrogen) atoms. The van der Waals surface area contributed by atoms with Crippen LogP contribution in [0.1, 0.15) is 100 Å². The molecule has 0 spiro atoms. The highest BCUT2D eigenvalue weighted by Crippen LogP contribution is 2.45. The third-order valence-corrected chi connectivity index (χ3v) is 7.22. The molecule has 4 rings (SSSR count). The van der Waals surface area contributed by atoms with E-state index in [1.807, 2.05) is 32.0 Å². The molecule has 1 saturated heterocycles. The first-order valence-electron chi connectivity index (χ1n) is 12.3. The normalized spacial score (nSPS) is 25.2. The van der Waals surface area contributed by atoms with E-state index < -0.39 is 23.4 Å². The van der Waals surface area contributed by atoms with Crippen molar-refractivity contribution in [3.8, 4) is 6.07 Å². The number of hydrogen-bond acceptors (Lipinski definition) is 7. The molecule has 2 atom stereocenters. The first kappa shape index (κ1) is 26.0. The molecule has 2 aromatic heterocycles. The number of aromatic nitrogens is 3. The lowest BCUT2D eigenvalue weighted by Crippen LogP contribution is -2.53. The van der Waals surface area contributed by atoms with E-state index in [-0.39, 0.29) is 22.9 Å². The Morgan fingerprint density at radius 3 is 2.61 bits per heavy atom. The van der Waals surface area contributed by atoms with E-state index in [9.17, 15) is 15.0 Å². The molecule has 1 aliphatic heterocycles. The molecule has 3 heterocycles. The van der Waals surface area contributed by atoms with Gasteiger partial charge < -0.3 is 25.3 Å². The number of nitrogens with one attached hydrogen (secondary N) is 2. The minimum absolute atomic E-state index is 0.0548. The van der Waals surface area contributed by atoms with Gasteiger partial charge in [-0.3, -0.25) is 9.78 Å². The Hall–Kier alpha value is -3.06. The summed E-state index contributed by atoms with van der Waals surface area (Å²) in [5.41, 5.74) is 1.90. The molecular formula is C27H35N5O4. The summed E-state index contributed by atoms with van der Waals surface area (Å²) in [6, 6.07) is 5.66. The van der Waals surface area contributed by atoms with Crippen LogP contribution in [0.2, 0.25) is 0 Å². The lowest BCUT2D eigenvalue weighted by atomic mass is 9.76. The molecule has 1 aliphatic carbocycles. The smallest absolute Gasteiger partial charge is 0.291 e. The summed E-state index contributed by atoms with van der Waals surface area (Å²) in [6.45, 7) is 10.1. The number of rotatable bonds is 5. The Kier molecular flexibility index (Phi) is 6.82. The number of anilines is 1. The molecule has 0 radical (unpaired) electrons. The largest absolute Gasteiger partial charge is 0.366 e. The number of H-pyrrole nitrogens is 1. The summed E-state index contributed by atoms with van der Waals surface area (Å²) in [7, 11) is 0. The summed E-state index contributed by atoms with van der Waals surface area (Å²) < 4.78 is 6.05. The van der Waals surface area contributed by atoms with Gasteiger partial charge in [-0.15, -0.1) is 0 Å². The van der Waals surface area contributed by atoms with Gasteiger partial charge >= 0.3 is 0 Å². The lowest BCUT2D eigenvalue weighted by Gasteiger charge is -2.47. The zero-order valence-electron chi connectivity index (χ0n) is 21.6. The number of hydrogen-bond donors (Lipinski definition) is 4. The van der Waals surface area contributed by atoms with Crippen molar-refractivity contribution in [2.24, 2.45) is 5.41 Å². The maximum absolute atomic E-state index is 12.9. The van der Waals surface area contributed by atoms with Crippen LogP contribution in [0.4, 0.5) is 5.69 Å². The van der Waals surface area contributed by atoms with Crippen molar-refractivity contribution < 1.29 is 19.7 Å². The fourth-order valence-electron chi connectivity index (χ4n) is 5.25. The van der Waals surface area contributed by atoms with Gasteiger partial charge in [0, 0.05) is 11.6 Å². The Bertz CT molecular complexity index is 1220. The van der Waals surface area contributed by atoms with Crippen molar-refractivity contribution >= 4 is 17.2 Å². The van der Waals surface area contributed by atoms with Crippen molar-refractivity contribution in [1.82, 2.24) is 15.0 Å². The Morgan fingerprint density at radius 2 is 2.00 bits per heavy atom. The van der Waals surface area contributed by atoms with Gasteiger partial charge in [-0.2, -0.15) is 5.26 Å². The van der Waals surface area contributed by atoms with Crippen LogP contribution in [-0.2, 0) is 4.74 Å². The number of nitriles is 1. The third kappa shape index (κ3) is 5.51. The van der Waals surface area contributed by atoms with Crippen LogP contribution in [0.15, 0.2) is 24.4 Å². The van der Waals surface area contributed by atoms with Gasteiger partial charge in [-0.1, -0.05) is 19.9 Å². The average Bonchev–Trinajstić information content (AvgIpc) is 3.28. The van der Waals surface area contributed by atoms with E-state index in [1.54, 1.807) is 6.92 Å². The molecule has 192 valence electrons. The number of aliphatic hydroxyl groups excluding tert-OH is 1. The number of pyridine rings is 1. The van der Waals surface area contributed by atoms with Gasteiger partial charge in [0.2, 0.25) is 0 Å². The van der Waals surface area contributed by atoms with Crippen LogP contribution in [0.3, 0.4) is 0 Å². The highest BCUT2D eigenvalue weighted by atomic mass is 16.6. The molecule has 2 unspecified atom stereocenters. The maximum atomic E-state index is 12.9. The van der Waals surface area contributed by atoms with Crippen LogP contribution < -0.4 is 5.32 Å². The van der Waals surface area contributed by atoms with Gasteiger partial charge in [0.25, 0.3) is 5.91 Å². The van der Waals surface area contributed by atoms with Gasteiger partial charge in [0.05, 0.1) is 23.2 Å². The standard InChI is InChI=1S/C27H35N5O4/c1-25(2)10-8-16(9-11-25)21-20(32-23(33)22-29-15-18(14-28)30-22)7-6-19(31-21)17-12-26(3,4)36-27(5,13-17)24(34)35/h6-8,15,17,24,34-35H,9-13H2,1-5H3,(H,29,30)(H,32,33). The molecule has 2 aromatic rings. The number of imidazole rings is 1. The molecule has 9 heteroatoms.